The van der Waals surface area contributed by atoms with Crippen molar-refractivity contribution in [2.24, 2.45) is 0 Å². The Morgan fingerprint density at radius 2 is 1.50 bits per heavy atom. The van der Waals surface area contributed by atoms with E-state index in [2.05, 4.69) is 29.7 Å². The normalized spacial score (nSPS) is 10.5. The van der Waals surface area contributed by atoms with Gasteiger partial charge in [0.15, 0.2) is 5.11 Å². The van der Waals surface area contributed by atoms with Gasteiger partial charge in [-0.15, -0.1) is 0 Å². The van der Waals surface area contributed by atoms with Crippen LogP contribution in [0.4, 0.5) is 5.69 Å². The zero-order chi connectivity index (χ0) is 25.4. The van der Waals surface area contributed by atoms with Crippen molar-refractivity contribution in [3.05, 3.63) is 90.0 Å². The maximum Gasteiger partial charge on any atom is 0.257 e. The minimum atomic E-state index is -0.271. The van der Waals surface area contributed by atoms with E-state index in [1.165, 1.54) is 31.2 Å². The molecule has 0 aliphatic carbocycles. The van der Waals surface area contributed by atoms with Crippen molar-refractivity contribution in [2.75, 3.05) is 18.5 Å². The van der Waals surface area contributed by atoms with Crippen molar-refractivity contribution < 1.29 is 14.3 Å². The number of hydrogen-bond acceptors (Lipinski definition) is 4. The van der Waals surface area contributed by atoms with Crippen LogP contribution in [0.3, 0.4) is 0 Å². The molecule has 5 nitrogen and oxygen atoms in total. The number of aryl methyl sites for hydroxylation is 1. The van der Waals surface area contributed by atoms with Gasteiger partial charge in [0.1, 0.15) is 11.5 Å². The van der Waals surface area contributed by atoms with Gasteiger partial charge in [0.25, 0.3) is 5.91 Å². The van der Waals surface area contributed by atoms with E-state index >= 15 is 0 Å². The summed E-state index contributed by atoms with van der Waals surface area (Å²) in [5.74, 6) is 1.25. The largest absolute Gasteiger partial charge is 0.494 e. The first kappa shape index (κ1) is 27.2. The Hall–Kier alpha value is -3.38. The fourth-order valence-corrected chi connectivity index (χ4v) is 3.92. The molecule has 6 heteroatoms. The lowest BCUT2D eigenvalue weighted by Gasteiger charge is -2.12. The van der Waals surface area contributed by atoms with Crippen LogP contribution in [0.5, 0.6) is 11.5 Å². The molecule has 0 radical (unpaired) electrons. The number of amides is 1. The third kappa shape index (κ3) is 10.1. The summed E-state index contributed by atoms with van der Waals surface area (Å²) in [6, 6.07) is 25.0. The van der Waals surface area contributed by atoms with Crippen molar-refractivity contribution in [3.8, 4) is 11.5 Å². The molecule has 0 saturated carbocycles. The van der Waals surface area contributed by atoms with Crippen LogP contribution in [0.1, 0.15) is 61.4 Å². The van der Waals surface area contributed by atoms with E-state index in [4.69, 9.17) is 21.7 Å². The topological polar surface area (TPSA) is 59.6 Å². The van der Waals surface area contributed by atoms with Crippen LogP contribution in [-0.2, 0) is 6.42 Å². The van der Waals surface area contributed by atoms with E-state index in [9.17, 15) is 4.79 Å². The zero-order valence-corrected chi connectivity index (χ0v) is 21.8. The third-order valence-corrected chi connectivity index (χ3v) is 5.88. The highest BCUT2D eigenvalue weighted by Crippen LogP contribution is 2.18. The third-order valence-electron chi connectivity index (χ3n) is 5.67. The van der Waals surface area contributed by atoms with E-state index in [0.717, 1.165) is 36.4 Å². The minimum absolute atomic E-state index is 0.230. The summed E-state index contributed by atoms with van der Waals surface area (Å²) in [6.45, 7) is 3.52. The maximum absolute atomic E-state index is 12.6. The maximum atomic E-state index is 12.6. The minimum Gasteiger partial charge on any atom is -0.494 e. The standard InChI is InChI=1S/C30H36N2O3S/c1-2-3-4-5-9-21-34-27-19-17-25(18-20-27)29(33)32-30(36)31-26-15-10-16-28(23-26)35-22-11-14-24-12-7-6-8-13-24/h6-8,10,12-13,15-20,23H,2-5,9,11,14,21-22H2,1H3,(H2,31,32,33,36). The Balaban J connectivity index is 1.38. The number of unbranched alkanes of at least 4 members (excludes halogenated alkanes) is 4. The predicted octanol–water partition coefficient (Wildman–Crippen LogP) is 7.17. The molecule has 0 aromatic heterocycles. The quantitative estimate of drug-likeness (QED) is 0.180. The monoisotopic (exact) mass is 504 g/mol. The second-order valence-electron chi connectivity index (χ2n) is 8.66. The molecule has 3 rings (SSSR count). The molecule has 3 aromatic carbocycles. The average molecular weight is 505 g/mol. The van der Waals surface area contributed by atoms with Crippen LogP contribution in [-0.4, -0.2) is 24.2 Å². The summed E-state index contributed by atoms with van der Waals surface area (Å²) in [7, 11) is 0. The van der Waals surface area contributed by atoms with Crippen LogP contribution >= 0.6 is 12.2 Å². The second kappa shape index (κ2) is 15.6. The Labute approximate surface area is 220 Å². The van der Waals surface area contributed by atoms with Crippen LogP contribution in [0.15, 0.2) is 78.9 Å². The van der Waals surface area contributed by atoms with Gasteiger partial charge in [-0.25, -0.2) is 0 Å². The summed E-state index contributed by atoms with van der Waals surface area (Å²) < 4.78 is 11.6. The molecule has 36 heavy (non-hydrogen) atoms. The average Bonchev–Trinajstić information content (AvgIpc) is 2.90. The number of nitrogens with one attached hydrogen (secondary N) is 2. The molecule has 0 fully saturated rings. The summed E-state index contributed by atoms with van der Waals surface area (Å²) in [5, 5.41) is 6.01. The number of hydrogen-bond donors (Lipinski definition) is 2. The van der Waals surface area contributed by atoms with Gasteiger partial charge < -0.3 is 14.8 Å². The van der Waals surface area contributed by atoms with Gasteiger partial charge in [0.05, 0.1) is 13.2 Å². The Morgan fingerprint density at radius 3 is 2.28 bits per heavy atom. The van der Waals surface area contributed by atoms with Crippen molar-refractivity contribution in [3.63, 3.8) is 0 Å². The SMILES string of the molecule is CCCCCCCOc1ccc(C(=O)NC(=S)Nc2cccc(OCCCc3ccccc3)c2)cc1. The van der Waals surface area contributed by atoms with Crippen molar-refractivity contribution in [1.82, 2.24) is 5.32 Å². The predicted molar refractivity (Wildman–Crippen MR) is 151 cm³/mol. The van der Waals surface area contributed by atoms with Gasteiger partial charge in [-0.05, 0) is 73.4 Å². The first-order valence-electron chi connectivity index (χ1n) is 12.8. The first-order valence-corrected chi connectivity index (χ1v) is 13.2. The second-order valence-corrected chi connectivity index (χ2v) is 9.07. The summed E-state index contributed by atoms with van der Waals surface area (Å²) in [4.78, 5) is 12.6. The van der Waals surface area contributed by atoms with Crippen LogP contribution < -0.4 is 20.1 Å². The Kier molecular flexibility index (Phi) is 11.8. The smallest absolute Gasteiger partial charge is 0.257 e. The van der Waals surface area contributed by atoms with Gasteiger partial charge in [-0.1, -0.05) is 69.0 Å². The molecule has 0 heterocycles. The molecule has 0 bridgehead atoms. The van der Waals surface area contributed by atoms with Crippen molar-refractivity contribution in [1.29, 1.82) is 0 Å². The van der Waals surface area contributed by atoms with Gasteiger partial charge in [-0.3, -0.25) is 10.1 Å². The number of anilines is 1. The van der Waals surface area contributed by atoms with Crippen molar-refractivity contribution in [2.45, 2.75) is 51.9 Å². The van der Waals surface area contributed by atoms with Crippen LogP contribution in [0.2, 0.25) is 0 Å². The molecule has 1 amide bonds. The molecule has 2 N–H and O–H groups in total. The zero-order valence-electron chi connectivity index (χ0n) is 21.0. The van der Waals surface area contributed by atoms with E-state index in [-0.39, 0.29) is 11.0 Å². The number of rotatable bonds is 14. The molecular weight excluding hydrogens is 468 g/mol. The Morgan fingerprint density at radius 1 is 0.778 bits per heavy atom. The fourth-order valence-electron chi connectivity index (χ4n) is 3.71. The van der Waals surface area contributed by atoms with E-state index in [0.29, 0.717) is 18.8 Å². The van der Waals surface area contributed by atoms with Gasteiger partial charge >= 0.3 is 0 Å². The number of thiocarbonyl (C=S) groups is 1. The lowest BCUT2D eigenvalue weighted by atomic mass is 10.1. The molecule has 0 atom stereocenters. The number of benzene rings is 3. The lowest BCUT2D eigenvalue weighted by Crippen LogP contribution is -2.34. The Bertz CT molecular complexity index is 1070. The summed E-state index contributed by atoms with van der Waals surface area (Å²) in [6.07, 6.45) is 7.89. The van der Waals surface area contributed by atoms with Crippen LogP contribution in [0, 0.1) is 0 Å². The molecule has 0 aliphatic heterocycles. The van der Waals surface area contributed by atoms with Gasteiger partial charge in [-0.2, -0.15) is 0 Å². The van der Waals surface area contributed by atoms with Gasteiger partial charge in [0.2, 0.25) is 0 Å². The first-order chi connectivity index (χ1) is 17.6. The highest BCUT2D eigenvalue weighted by atomic mass is 32.1. The highest BCUT2D eigenvalue weighted by Gasteiger charge is 2.09. The number of carbonyl (C=O) groups is 1. The number of carbonyl (C=O) groups excluding carboxylic acids is 1. The van der Waals surface area contributed by atoms with E-state index in [1.54, 1.807) is 12.1 Å². The van der Waals surface area contributed by atoms with E-state index < -0.39 is 0 Å². The molecule has 0 aliphatic rings. The molecule has 190 valence electrons. The van der Waals surface area contributed by atoms with Crippen molar-refractivity contribution >= 4 is 28.9 Å². The highest BCUT2D eigenvalue weighted by molar-refractivity contribution is 7.80. The summed E-state index contributed by atoms with van der Waals surface area (Å²) in [5.41, 5.74) is 2.58. The lowest BCUT2D eigenvalue weighted by molar-refractivity contribution is 0.0977. The van der Waals surface area contributed by atoms with Gasteiger partial charge in [0, 0.05) is 17.3 Å². The van der Waals surface area contributed by atoms with E-state index in [1.807, 2.05) is 54.6 Å². The molecular formula is C30H36N2O3S. The molecule has 0 spiro atoms. The van der Waals surface area contributed by atoms with Crippen LogP contribution in [0.25, 0.3) is 0 Å². The molecule has 3 aromatic rings. The molecule has 0 unspecified atom stereocenters. The molecule has 0 saturated heterocycles. The number of ether oxygens (including phenoxy) is 2. The summed E-state index contributed by atoms with van der Waals surface area (Å²) >= 11 is 5.33. The fraction of sp³-hybridized carbons (Fsp3) is 0.333.